The lowest BCUT2D eigenvalue weighted by Crippen LogP contribution is -2.47. The zero-order valence-electron chi connectivity index (χ0n) is 20.9. The van der Waals surface area contributed by atoms with Crippen molar-refractivity contribution < 1.29 is 19.0 Å². The average molecular weight is 569 g/mol. The lowest BCUT2D eigenvalue weighted by Gasteiger charge is -2.34. The molecule has 188 valence electrons. The summed E-state index contributed by atoms with van der Waals surface area (Å²) in [5, 5.41) is 3.42. The number of rotatable bonds is 8. The molecule has 0 radical (unpaired) electrons. The maximum absolute atomic E-state index is 12.2. The Kier molecular flexibility index (Phi) is 13.2. The number of guanidine groups is 1. The molecule has 2 atom stereocenters. The number of likely N-dealkylation sites (tertiary alicyclic amines) is 1. The van der Waals surface area contributed by atoms with Crippen LogP contribution in [0, 0.1) is 5.92 Å². The molecule has 32 heavy (non-hydrogen) atoms. The molecule has 0 aromatic rings. The maximum atomic E-state index is 12.2. The molecule has 2 fully saturated rings. The van der Waals surface area contributed by atoms with Crippen LogP contribution in [0.3, 0.4) is 0 Å². The van der Waals surface area contributed by atoms with E-state index in [1.807, 2.05) is 20.8 Å². The fourth-order valence-corrected chi connectivity index (χ4v) is 3.86. The largest absolute Gasteiger partial charge is 0.444 e. The number of amides is 1. The van der Waals surface area contributed by atoms with E-state index in [1.54, 1.807) is 11.9 Å². The highest BCUT2D eigenvalue weighted by atomic mass is 127. The summed E-state index contributed by atoms with van der Waals surface area (Å²) in [5.74, 6) is 1.19. The van der Waals surface area contributed by atoms with E-state index in [0.29, 0.717) is 19.2 Å². The van der Waals surface area contributed by atoms with Crippen molar-refractivity contribution in [2.45, 2.75) is 78.1 Å². The van der Waals surface area contributed by atoms with Crippen molar-refractivity contribution >= 4 is 36.0 Å². The molecular weight excluding hydrogens is 523 g/mol. The van der Waals surface area contributed by atoms with Gasteiger partial charge in [0, 0.05) is 46.4 Å². The van der Waals surface area contributed by atoms with E-state index < -0.39 is 5.60 Å². The first-order valence-corrected chi connectivity index (χ1v) is 11.9. The number of piperidine rings is 1. The molecule has 2 saturated heterocycles. The van der Waals surface area contributed by atoms with Crippen molar-refractivity contribution in [2.75, 3.05) is 53.0 Å². The van der Waals surface area contributed by atoms with Gasteiger partial charge < -0.3 is 29.3 Å². The SMILES string of the molecule is CCNC(=NCC(C)CN(C)C(=O)OC(C)(C)C)N1CCC(OCC2CCCO2)CC1.I. The molecule has 9 heteroatoms. The third-order valence-electron chi connectivity index (χ3n) is 5.46. The van der Waals surface area contributed by atoms with E-state index in [2.05, 4.69) is 24.1 Å². The number of ether oxygens (including phenoxy) is 3. The van der Waals surface area contributed by atoms with Crippen LogP contribution in [0.25, 0.3) is 0 Å². The minimum absolute atomic E-state index is 0. The molecule has 2 unspecified atom stereocenters. The van der Waals surface area contributed by atoms with E-state index in [4.69, 9.17) is 19.2 Å². The number of aliphatic imine (C=N–C) groups is 1. The second-order valence-electron chi connectivity index (χ2n) is 9.82. The van der Waals surface area contributed by atoms with Crippen molar-refractivity contribution in [3.05, 3.63) is 0 Å². The van der Waals surface area contributed by atoms with E-state index in [9.17, 15) is 4.79 Å². The Balaban J connectivity index is 0.00000512. The summed E-state index contributed by atoms with van der Waals surface area (Å²) in [6, 6.07) is 0. The Morgan fingerprint density at radius 1 is 1.28 bits per heavy atom. The number of halogens is 1. The molecule has 0 spiro atoms. The smallest absolute Gasteiger partial charge is 0.410 e. The summed E-state index contributed by atoms with van der Waals surface area (Å²) >= 11 is 0. The molecular formula is C23H45IN4O4. The Bertz CT molecular complexity index is 571. The fourth-order valence-electron chi connectivity index (χ4n) is 3.86. The molecule has 0 bridgehead atoms. The van der Waals surface area contributed by atoms with Gasteiger partial charge in [0.15, 0.2) is 5.96 Å². The zero-order valence-corrected chi connectivity index (χ0v) is 23.2. The van der Waals surface area contributed by atoms with E-state index >= 15 is 0 Å². The first-order chi connectivity index (χ1) is 14.7. The molecule has 1 amide bonds. The van der Waals surface area contributed by atoms with Gasteiger partial charge in [0.05, 0.1) is 18.8 Å². The number of hydrogen-bond donors (Lipinski definition) is 1. The standard InChI is InChI=1S/C23H44N4O4.HI/c1-7-24-21(25-15-18(2)16-26(6)22(28)31-23(3,4)5)27-12-10-19(11-13-27)30-17-20-9-8-14-29-20;/h18-20H,7-17H2,1-6H3,(H,24,25);1H. The highest BCUT2D eigenvalue weighted by molar-refractivity contribution is 14.0. The molecule has 0 aromatic carbocycles. The van der Waals surface area contributed by atoms with Gasteiger partial charge in [-0.15, -0.1) is 24.0 Å². The summed E-state index contributed by atoms with van der Waals surface area (Å²) in [6.45, 7) is 15.4. The first kappa shape index (κ1) is 29.2. The summed E-state index contributed by atoms with van der Waals surface area (Å²) in [4.78, 5) is 21.0. The molecule has 2 aliphatic heterocycles. The lowest BCUT2D eigenvalue weighted by molar-refractivity contribution is -0.0367. The summed E-state index contributed by atoms with van der Waals surface area (Å²) < 4.78 is 17.2. The van der Waals surface area contributed by atoms with Gasteiger partial charge >= 0.3 is 6.09 Å². The Labute approximate surface area is 211 Å². The van der Waals surface area contributed by atoms with Crippen LogP contribution in [0.2, 0.25) is 0 Å². The molecule has 1 N–H and O–H groups in total. The van der Waals surface area contributed by atoms with Crippen molar-refractivity contribution in [1.29, 1.82) is 0 Å². The Morgan fingerprint density at radius 2 is 1.97 bits per heavy atom. The van der Waals surface area contributed by atoms with E-state index in [-0.39, 0.29) is 42.1 Å². The molecule has 0 saturated carbocycles. The van der Waals surface area contributed by atoms with Crippen molar-refractivity contribution in [3.8, 4) is 0 Å². The summed E-state index contributed by atoms with van der Waals surface area (Å²) in [6.07, 6.45) is 4.60. The van der Waals surface area contributed by atoms with Crippen molar-refractivity contribution in [2.24, 2.45) is 10.9 Å². The monoisotopic (exact) mass is 568 g/mol. The molecule has 0 aromatic heterocycles. The fraction of sp³-hybridized carbons (Fsp3) is 0.913. The second-order valence-corrected chi connectivity index (χ2v) is 9.82. The Hall–Kier alpha value is -0.810. The van der Waals surface area contributed by atoms with Gasteiger partial charge in [-0.3, -0.25) is 4.99 Å². The van der Waals surface area contributed by atoms with Crippen LogP contribution < -0.4 is 5.32 Å². The molecule has 8 nitrogen and oxygen atoms in total. The van der Waals surface area contributed by atoms with Crippen molar-refractivity contribution in [3.63, 3.8) is 0 Å². The first-order valence-electron chi connectivity index (χ1n) is 11.9. The topological polar surface area (TPSA) is 75.6 Å². The number of nitrogens with zero attached hydrogens (tertiary/aromatic N) is 3. The normalized spacial score (nSPS) is 21.1. The van der Waals surface area contributed by atoms with E-state index in [0.717, 1.165) is 64.5 Å². The lowest BCUT2D eigenvalue weighted by atomic mass is 10.1. The average Bonchev–Trinajstić information content (AvgIpc) is 3.22. The molecule has 2 heterocycles. The van der Waals surface area contributed by atoms with Crippen LogP contribution >= 0.6 is 24.0 Å². The highest BCUT2D eigenvalue weighted by Gasteiger charge is 2.25. The van der Waals surface area contributed by atoms with Crippen LogP contribution in [-0.4, -0.2) is 92.6 Å². The number of carbonyl (C=O) groups is 1. The zero-order chi connectivity index (χ0) is 22.9. The van der Waals surface area contributed by atoms with Crippen LogP contribution in [0.1, 0.15) is 60.3 Å². The molecule has 2 rings (SSSR count). The van der Waals surface area contributed by atoms with Crippen LogP contribution in [0.5, 0.6) is 0 Å². The van der Waals surface area contributed by atoms with Gasteiger partial charge in [0.2, 0.25) is 0 Å². The summed E-state index contributed by atoms with van der Waals surface area (Å²) in [7, 11) is 1.78. The van der Waals surface area contributed by atoms with Crippen LogP contribution in [-0.2, 0) is 14.2 Å². The maximum Gasteiger partial charge on any atom is 0.410 e. The van der Waals surface area contributed by atoms with Gasteiger partial charge in [-0.1, -0.05) is 6.92 Å². The third-order valence-corrected chi connectivity index (χ3v) is 5.46. The van der Waals surface area contributed by atoms with Gasteiger partial charge in [-0.2, -0.15) is 0 Å². The predicted molar refractivity (Wildman–Crippen MR) is 139 cm³/mol. The van der Waals surface area contributed by atoms with Gasteiger partial charge in [0.1, 0.15) is 5.60 Å². The number of carbonyl (C=O) groups excluding carboxylic acids is 1. The van der Waals surface area contributed by atoms with Crippen LogP contribution in [0.4, 0.5) is 4.79 Å². The third kappa shape index (κ3) is 10.9. The highest BCUT2D eigenvalue weighted by Crippen LogP contribution is 2.18. The minimum Gasteiger partial charge on any atom is -0.444 e. The van der Waals surface area contributed by atoms with Crippen LogP contribution in [0.15, 0.2) is 4.99 Å². The molecule has 0 aliphatic carbocycles. The summed E-state index contributed by atoms with van der Waals surface area (Å²) in [5.41, 5.74) is -0.481. The van der Waals surface area contributed by atoms with Gasteiger partial charge in [-0.05, 0) is 59.3 Å². The van der Waals surface area contributed by atoms with Crippen molar-refractivity contribution in [1.82, 2.24) is 15.1 Å². The minimum atomic E-state index is -0.481. The van der Waals surface area contributed by atoms with E-state index in [1.165, 1.54) is 0 Å². The predicted octanol–water partition coefficient (Wildman–Crippen LogP) is 3.73. The van der Waals surface area contributed by atoms with Gasteiger partial charge in [-0.25, -0.2) is 4.79 Å². The second kappa shape index (κ2) is 14.5. The number of hydrogen-bond acceptors (Lipinski definition) is 5. The van der Waals surface area contributed by atoms with Gasteiger partial charge in [0.25, 0.3) is 0 Å². The Morgan fingerprint density at radius 3 is 2.53 bits per heavy atom. The molecule has 2 aliphatic rings. The number of nitrogens with one attached hydrogen (secondary N) is 1. The quantitative estimate of drug-likeness (QED) is 0.273.